The van der Waals surface area contributed by atoms with Crippen LogP contribution >= 0.6 is 11.8 Å². The molecule has 2 rings (SSSR count). The molecule has 0 spiro atoms. The van der Waals surface area contributed by atoms with Gasteiger partial charge in [-0.25, -0.2) is 0 Å². The Balaban J connectivity index is 2.14. The third-order valence-corrected chi connectivity index (χ3v) is 4.66. The highest BCUT2D eigenvalue weighted by molar-refractivity contribution is 7.99. The number of hydrogen-bond acceptors (Lipinski definition) is 3. The molecule has 2 nitrogen and oxygen atoms in total. The molecule has 0 bridgehead atoms. The molecule has 0 fully saturated rings. The standard InChI is InChI=1S/C21H27O2S/c1-4-6-14-22-18-10-13-20(23-15-7-5-2)21(16-18)24-19-11-8-17(3)9-12-19/h8-9,11-13,16H,4-7,14-15H2,1-3H3. The predicted octanol–water partition coefficient (Wildman–Crippen LogP) is 6.30. The van der Waals surface area contributed by atoms with Crippen LogP contribution in [0.15, 0.2) is 46.2 Å². The van der Waals surface area contributed by atoms with Gasteiger partial charge in [-0.05, 0) is 44.0 Å². The lowest BCUT2D eigenvalue weighted by Gasteiger charge is -2.13. The summed E-state index contributed by atoms with van der Waals surface area (Å²) in [4.78, 5) is 2.28. The summed E-state index contributed by atoms with van der Waals surface area (Å²) in [6.07, 6.45) is 4.37. The van der Waals surface area contributed by atoms with E-state index in [-0.39, 0.29) is 0 Å². The third kappa shape index (κ3) is 6.12. The van der Waals surface area contributed by atoms with Crippen molar-refractivity contribution in [2.45, 2.75) is 56.2 Å². The van der Waals surface area contributed by atoms with Crippen molar-refractivity contribution in [1.29, 1.82) is 0 Å². The van der Waals surface area contributed by atoms with Crippen LogP contribution in [0.4, 0.5) is 0 Å². The van der Waals surface area contributed by atoms with Crippen molar-refractivity contribution >= 4 is 11.8 Å². The molecule has 1 radical (unpaired) electrons. The van der Waals surface area contributed by atoms with E-state index in [9.17, 15) is 0 Å². The van der Waals surface area contributed by atoms with Gasteiger partial charge < -0.3 is 9.47 Å². The van der Waals surface area contributed by atoms with Gasteiger partial charge in [-0.2, -0.15) is 0 Å². The van der Waals surface area contributed by atoms with Gasteiger partial charge in [0.05, 0.1) is 18.1 Å². The molecule has 0 aliphatic heterocycles. The van der Waals surface area contributed by atoms with Crippen molar-refractivity contribution < 1.29 is 9.47 Å². The maximum atomic E-state index is 5.95. The van der Waals surface area contributed by atoms with E-state index in [1.807, 2.05) is 12.1 Å². The molecule has 2 aromatic rings. The monoisotopic (exact) mass is 343 g/mol. The van der Waals surface area contributed by atoms with Crippen molar-refractivity contribution in [3.8, 4) is 11.5 Å². The van der Waals surface area contributed by atoms with Crippen LogP contribution < -0.4 is 9.47 Å². The van der Waals surface area contributed by atoms with Crippen molar-refractivity contribution in [2.24, 2.45) is 0 Å². The van der Waals surface area contributed by atoms with Gasteiger partial charge in [0.25, 0.3) is 0 Å². The number of hydrogen-bond donors (Lipinski definition) is 0. The molecule has 0 unspecified atom stereocenters. The molecule has 3 heteroatoms. The minimum Gasteiger partial charge on any atom is -0.493 e. The first kappa shape index (κ1) is 18.7. The van der Waals surface area contributed by atoms with Crippen LogP contribution in [0.1, 0.15) is 45.1 Å². The average molecular weight is 344 g/mol. The summed E-state index contributed by atoms with van der Waals surface area (Å²) >= 11 is 1.71. The molecule has 2 aromatic carbocycles. The summed E-state index contributed by atoms with van der Waals surface area (Å²) in [5, 5.41) is 0. The van der Waals surface area contributed by atoms with Crippen molar-refractivity contribution in [1.82, 2.24) is 0 Å². The Bertz CT molecular complexity index is 608. The van der Waals surface area contributed by atoms with Gasteiger partial charge in [0.15, 0.2) is 0 Å². The van der Waals surface area contributed by atoms with Crippen LogP contribution in [0.25, 0.3) is 0 Å². The lowest BCUT2D eigenvalue weighted by Crippen LogP contribution is -2.00. The van der Waals surface area contributed by atoms with E-state index < -0.39 is 0 Å². The quantitative estimate of drug-likeness (QED) is 0.471. The summed E-state index contributed by atoms with van der Waals surface area (Å²) in [7, 11) is 0. The molecule has 0 saturated carbocycles. The molecule has 0 heterocycles. The summed E-state index contributed by atoms with van der Waals surface area (Å²) < 4.78 is 11.7. The van der Waals surface area contributed by atoms with E-state index in [1.165, 1.54) is 10.5 Å². The zero-order chi connectivity index (χ0) is 17.2. The van der Waals surface area contributed by atoms with E-state index in [4.69, 9.17) is 9.47 Å². The lowest BCUT2D eigenvalue weighted by molar-refractivity contribution is 0.294. The van der Waals surface area contributed by atoms with E-state index >= 15 is 0 Å². The first-order valence-corrected chi connectivity index (χ1v) is 9.60. The molecular formula is C21H27O2S. The maximum Gasteiger partial charge on any atom is 0.134 e. The fourth-order valence-electron chi connectivity index (χ4n) is 2.10. The molecule has 0 atom stereocenters. The Kier molecular flexibility index (Phi) is 8.03. The number of benzene rings is 2. The van der Waals surface area contributed by atoms with Gasteiger partial charge >= 0.3 is 0 Å². The summed E-state index contributed by atoms with van der Waals surface area (Å²) in [6.45, 7) is 7.91. The van der Waals surface area contributed by atoms with Gasteiger partial charge in [-0.15, -0.1) is 0 Å². The Morgan fingerprint density at radius 2 is 1.62 bits per heavy atom. The Morgan fingerprint density at radius 1 is 0.958 bits per heavy atom. The Morgan fingerprint density at radius 3 is 2.29 bits per heavy atom. The second kappa shape index (κ2) is 10.3. The largest absolute Gasteiger partial charge is 0.493 e. The molecule has 0 N–H and O–H groups in total. The topological polar surface area (TPSA) is 18.5 Å². The van der Waals surface area contributed by atoms with Gasteiger partial charge in [0.2, 0.25) is 0 Å². The number of aryl methyl sites for hydroxylation is 1. The highest BCUT2D eigenvalue weighted by atomic mass is 32.2. The van der Waals surface area contributed by atoms with E-state index in [0.29, 0.717) is 0 Å². The minimum absolute atomic E-state index is 0.734. The second-order valence-electron chi connectivity index (χ2n) is 5.84. The highest BCUT2D eigenvalue weighted by Gasteiger charge is 2.09. The zero-order valence-corrected chi connectivity index (χ0v) is 15.7. The molecule has 0 saturated heterocycles. The molecule has 0 amide bonds. The maximum absolute atomic E-state index is 5.95. The summed E-state index contributed by atoms with van der Waals surface area (Å²) in [6, 6.07) is 15.7. The summed E-state index contributed by atoms with van der Waals surface area (Å²) in [5.41, 5.74) is 1.27. The minimum atomic E-state index is 0.734. The van der Waals surface area contributed by atoms with Gasteiger partial charge in [-0.3, -0.25) is 0 Å². The molecule has 0 aliphatic carbocycles. The molecule has 0 aromatic heterocycles. The van der Waals surface area contributed by atoms with Gasteiger partial charge in [-0.1, -0.05) is 56.1 Å². The predicted molar refractivity (Wildman–Crippen MR) is 101 cm³/mol. The van der Waals surface area contributed by atoms with E-state index in [2.05, 4.69) is 51.1 Å². The fraction of sp³-hybridized carbons (Fsp3) is 0.429. The van der Waals surface area contributed by atoms with Crippen molar-refractivity contribution in [2.75, 3.05) is 13.2 Å². The number of rotatable bonds is 10. The van der Waals surface area contributed by atoms with E-state index in [1.54, 1.807) is 11.8 Å². The smallest absolute Gasteiger partial charge is 0.134 e. The number of ether oxygens (including phenoxy) is 2. The number of unbranched alkanes of at least 4 members (excludes halogenated alkanes) is 2. The van der Waals surface area contributed by atoms with Crippen LogP contribution in [-0.2, 0) is 0 Å². The van der Waals surface area contributed by atoms with Crippen molar-refractivity contribution in [3.63, 3.8) is 0 Å². The van der Waals surface area contributed by atoms with Crippen LogP contribution in [0.5, 0.6) is 11.5 Å². The molecule has 129 valence electrons. The first-order chi connectivity index (χ1) is 11.7. The average Bonchev–Trinajstić information content (AvgIpc) is 2.59. The van der Waals surface area contributed by atoms with Crippen LogP contribution in [0.3, 0.4) is 0 Å². The second-order valence-corrected chi connectivity index (χ2v) is 6.96. The van der Waals surface area contributed by atoms with E-state index in [0.717, 1.165) is 55.3 Å². The molecule has 0 aliphatic rings. The van der Waals surface area contributed by atoms with Crippen LogP contribution in [0, 0.1) is 13.0 Å². The van der Waals surface area contributed by atoms with Crippen LogP contribution in [0.2, 0.25) is 0 Å². The molecular weight excluding hydrogens is 316 g/mol. The van der Waals surface area contributed by atoms with Gasteiger partial charge in [0.1, 0.15) is 11.5 Å². The third-order valence-electron chi connectivity index (χ3n) is 3.61. The Labute approximate surface area is 150 Å². The van der Waals surface area contributed by atoms with Gasteiger partial charge in [0, 0.05) is 11.0 Å². The zero-order valence-electron chi connectivity index (χ0n) is 14.9. The highest BCUT2D eigenvalue weighted by Crippen LogP contribution is 2.37. The SMILES string of the molecule is CCCCOc1[c]cc(OCCCC)c(Sc2ccc(C)cc2)c1. The van der Waals surface area contributed by atoms with Crippen LogP contribution in [-0.4, -0.2) is 13.2 Å². The summed E-state index contributed by atoms with van der Waals surface area (Å²) in [5.74, 6) is 1.68. The van der Waals surface area contributed by atoms with Crippen molar-refractivity contribution in [3.05, 3.63) is 48.0 Å². The normalized spacial score (nSPS) is 10.6. The first-order valence-electron chi connectivity index (χ1n) is 8.78. The fourth-order valence-corrected chi connectivity index (χ4v) is 3.01. The Hall–Kier alpha value is -1.61. The lowest BCUT2D eigenvalue weighted by atomic mass is 10.2. The molecule has 24 heavy (non-hydrogen) atoms.